The van der Waals surface area contributed by atoms with Gasteiger partial charge in [-0.25, -0.2) is 14.6 Å². The summed E-state index contributed by atoms with van der Waals surface area (Å²) in [6.07, 6.45) is 3.17. The Bertz CT molecular complexity index is 2450. The molecule has 5 heterocycles. The van der Waals surface area contributed by atoms with Gasteiger partial charge in [-0.3, -0.25) is 19.5 Å². The van der Waals surface area contributed by atoms with E-state index in [0.717, 1.165) is 54.1 Å². The molecule has 3 aliphatic rings. The molecule has 22 nitrogen and oxygen atoms in total. The van der Waals surface area contributed by atoms with Crippen LogP contribution in [0.15, 0.2) is 41.1 Å². The summed E-state index contributed by atoms with van der Waals surface area (Å²) >= 11 is 0.908. The minimum atomic E-state index is -5.09. The molecule has 66 heavy (non-hydrogen) atoms. The van der Waals surface area contributed by atoms with Crippen LogP contribution in [0.1, 0.15) is 86.4 Å². The fraction of sp³-hybridized carbons (Fsp3) is 0.595. The number of nitrogens with zero attached hydrogens (tertiary/aromatic N) is 5. The average Bonchev–Trinajstić information content (AvgIpc) is 3.99. The summed E-state index contributed by atoms with van der Waals surface area (Å²) in [6, 6.07) is 4.30. The summed E-state index contributed by atoms with van der Waals surface area (Å²) in [5.41, 5.74) is 2.39. The third-order valence-electron chi connectivity index (χ3n) is 11.0. The lowest BCUT2D eigenvalue weighted by molar-refractivity contribution is -0.780. The number of hydrogen-bond acceptors (Lipinski definition) is 17. The molecule has 0 bridgehead atoms. The molecule has 2 fully saturated rings. The molecule has 2 aromatic heterocycles. The minimum Gasteiger partial charge on any atom is -0.485 e. The number of hydrogen-bond donors (Lipinski definition) is 6. The van der Waals surface area contributed by atoms with Crippen molar-refractivity contribution in [2.24, 2.45) is 16.8 Å². The van der Waals surface area contributed by atoms with Crippen molar-refractivity contribution in [2.75, 3.05) is 25.0 Å². The molecule has 2 unspecified atom stereocenters. The molecule has 2 saturated heterocycles. The van der Waals surface area contributed by atoms with Gasteiger partial charge in [-0.2, -0.15) is 18.2 Å². The number of hydroxylamine groups is 2. The van der Waals surface area contributed by atoms with Gasteiger partial charge in [-0.15, -0.1) is 20.3 Å². The van der Waals surface area contributed by atoms with Crippen molar-refractivity contribution in [3.05, 3.63) is 47.2 Å². The number of carbonyl (C=O) groups excluding carboxylic acids is 4. The van der Waals surface area contributed by atoms with E-state index >= 15 is 0 Å². The van der Waals surface area contributed by atoms with Gasteiger partial charge in [-0.1, -0.05) is 11.2 Å². The highest BCUT2D eigenvalue weighted by molar-refractivity contribution is 7.80. The van der Waals surface area contributed by atoms with E-state index < -0.39 is 80.6 Å². The first-order valence-electron chi connectivity index (χ1n) is 21.4. The summed E-state index contributed by atoms with van der Waals surface area (Å²) in [7, 11) is -5.09. The number of fused-ring (bicyclic) bond motifs is 1. The van der Waals surface area contributed by atoms with Crippen molar-refractivity contribution < 1.29 is 65.3 Å². The quantitative estimate of drug-likeness (QED) is 0.0300. The minimum absolute atomic E-state index is 0.000305. The summed E-state index contributed by atoms with van der Waals surface area (Å²) < 4.78 is 58.3. The molecule has 0 aliphatic carbocycles. The van der Waals surface area contributed by atoms with Crippen molar-refractivity contribution in [3.63, 3.8) is 0 Å². The average molecular weight is 963 g/mol. The number of nitrogens with two attached hydrogens (primary N) is 1. The van der Waals surface area contributed by atoms with E-state index in [1.54, 1.807) is 47.6 Å². The number of carbonyl (C=O) groups is 4. The highest BCUT2D eigenvalue weighted by Gasteiger charge is 2.58. The third kappa shape index (κ3) is 12.0. The summed E-state index contributed by atoms with van der Waals surface area (Å²) in [5.74, 6) is -2.03. The van der Waals surface area contributed by atoms with Crippen molar-refractivity contribution in [1.82, 2.24) is 25.4 Å². The number of ether oxygens (including phenoxy) is 3. The van der Waals surface area contributed by atoms with Crippen LogP contribution in [0.3, 0.4) is 0 Å². The Morgan fingerprint density at radius 3 is 2.45 bits per heavy atom. The molecule has 5 atom stereocenters. The molecule has 362 valence electrons. The van der Waals surface area contributed by atoms with Crippen LogP contribution < -0.4 is 31.1 Å². The number of nitrogens with one attached hydrogen (secondary N) is 3. The standard InChI is InChI=1S/C42H59N9O13S2/c1-39(2,3)61-36(55)42(9,31-13-11-26-16-25(10-12-30(26)60-31)27-20-49(19-24-14-15-44-18-24)50(21-27)22-28(52)17-43)63-48-32(29-23-65-37(45-29)47-38(56)62-40(4,5)6)34(53)46-33-35(54)51(41(33,7)8)64-66(57,58)59/h10,12,16,20-21,23-24,28,31,33,44,52H,11,13-15,17-19,22,43H2,1-9H3,(H2-,45,46,47,53,56,57,58,59)/p+1/b48-32-/t24-,28?,31-,33-,42?/m1/s1. The fourth-order valence-electron chi connectivity index (χ4n) is 7.55. The number of esters is 1. The topological polar surface area (TPSA) is 288 Å². The van der Waals surface area contributed by atoms with Gasteiger partial charge in [0, 0.05) is 11.9 Å². The van der Waals surface area contributed by atoms with E-state index in [2.05, 4.69) is 41.3 Å². The largest absolute Gasteiger partial charge is 0.485 e. The number of aromatic nitrogens is 3. The molecule has 0 radical (unpaired) electrons. The lowest BCUT2D eigenvalue weighted by Gasteiger charge is -2.50. The van der Waals surface area contributed by atoms with Crippen molar-refractivity contribution in [3.8, 4) is 16.9 Å². The lowest BCUT2D eigenvalue weighted by atomic mass is 9.84. The van der Waals surface area contributed by atoms with E-state index in [1.165, 1.54) is 26.2 Å². The number of aliphatic hydroxyl groups is 1. The van der Waals surface area contributed by atoms with Crippen molar-refractivity contribution in [2.45, 2.75) is 135 Å². The first-order valence-corrected chi connectivity index (χ1v) is 23.7. The molecule has 1 aromatic carbocycles. The number of aliphatic hydroxyl groups excluding tert-OH is 1. The number of oxime groups is 1. The monoisotopic (exact) mass is 962 g/mol. The normalized spacial score (nSPS) is 21.2. The van der Waals surface area contributed by atoms with Crippen LogP contribution in [0, 0.1) is 5.92 Å². The van der Waals surface area contributed by atoms with Gasteiger partial charge in [0.2, 0.25) is 6.20 Å². The molecule has 0 saturated carbocycles. The molecule has 3 aliphatic heterocycles. The lowest BCUT2D eigenvalue weighted by Crippen LogP contribution is -2.76. The maximum Gasteiger partial charge on any atom is 0.418 e. The Morgan fingerprint density at radius 1 is 1.12 bits per heavy atom. The highest BCUT2D eigenvalue weighted by atomic mass is 32.3. The van der Waals surface area contributed by atoms with E-state index in [4.69, 9.17) is 24.8 Å². The van der Waals surface area contributed by atoms with Gasteiger partial charge in [0.15, 0.2) is 23.5 Å². The number of β-lactam (4-membered cyclic amide) rings is 1. The Kier molecular flexibility index (Phi) is 14.6. The van der Waals surface area contributed by atoms with Gasteiger partial charge < -0.3 is 40.5 Å². The summed E-state index contributed by atoms with van der Waals surface area (Å²) in [5, 5.41) is 24.8. The van der Waals surface area contributed by atoms with Crippen LogP contribution >= 0.6 is 11.3 Å². The van der Waals surface area contributed by atoms with Crippen LogP contribution in [0.4, 0.5) is 9.93 Å². The second-order valence-electron chi connectivity index (χ2n) is 19.2. The third-order valence-corrected chi connectivity index (χ3v) is 12.1. The smallest absolute Gasteiger partial charge is 0.418 e. The van der Waals surface area contributed by atoms with Crippen LogP contribution in [0.2, 0.25) is 0 Å². The number of amides is 3. The number of anilines is 1. The van der Waals surface area contributed by atoms with E-state index in [9.17, 15) is 37.3 Å². The molecule has 24 heteroatoms. The van der Waals surface area contributed by atoms with Gasteiger partial charge >= 0.3 is 22.5 Å². The molecule has 7 N–H and O–H groups in total. The van der Waals surface area contributed by atoms with Gasteiger partial charge in [0.25, 0.3) is 17.4 Å². The number of benzene rings is 1. The predicted molar refractivity (Wildman–Crippen MR) is 238 cm³/mol. The Hall–Kier alpha value is -5.24. The zero-order valence-corrected chi connectivity index (χ0v) is 40.1. The maximum atomic E-state index is 14.2. The zero-order chi connectivity index (χ0) is 48.6. The number of rotatable bonds is 16. The first-order chi connectivity index (χ1) is 30.7. The van der Waals surface area contributed by atoms with E-state index in [-0.39, 0.29) is 23.8 Å². The van der Waals surface area contributed by atoms with Gasteiger partial charge in [0.05, 0.1) is 23.8 Å². The number of aryl methyl sites for hydroxylation is 1. The second-order valence-corrected chi connectivity index (χ2v) is 21.0. The number of thiazole rings is 1. The summed E-state index contributed by atoms with van der Waals surface area (Å²) in [4.78, 5) is 64.4. The maximum absolute atomic E-state index is 14.2. The SMILES string of the molecule is CC(C)(C)OC(=O)Nc1nc(/C(=N/OC(C)(C(=O)OC(C)(C)C)[C@H]2CCc3cc(-c4cn(C[C@@H]5CCNC5)[n+](CC(O)CN)c4)ccc3O2)C(=O)N[C@@H]2C(=O)N(OS(=O)(=O)O)C2(C)C)cs1. The summed E-state index contributed by atoms with van der Waals surface area (Å²) in [6.45, 7) is 17.3. The predicted octanol–water partition coefficient (Wildman–Crippen LogP) is 2.23. The van der Waals surface area contributed by atoms with Gasteiger partial charge in [0.1, 0.15) is 34.8 Å². The van der Waals surface area contributed by atoms with E-state index in [1.807, 2.05) is 23.0 Å². The second kappa shape index (κ2) is 19.2. The molecule has 3 aromatic rings. The fourth-order valence-corrected chi connectivity index (χ4v) is 8.69. The van der Waals surface area contributed by atoms with Crippen LogP contribution in [0.25, 0.3) is 11.1 Å². The van der Waals surface area contributed by atoms with E-state index in [0.29, 0.717) is 29.7 Å². The first kappa shape index (κ1) is 50.2. The zero-order valence-electron chi connectivity index (χ0n) is 38.4. The van der Waals surface area contributed by atoms with Crippen LogP contribution in [0.5, 0.6) is 5.75 Å². The van der Waals surface area contributed by atoms with Crippen molar-refractivity contribution >= 4 is 56.5 Å². The Labute approximate surface area is 387 Å². The molecule has 0 spiro atoms. The van der Waals surface area contributed by atoms with Crippen molar-refractivity contribution in [1.29, 1.82) is 0 Å². The molecule has 3 amide bonds. The molecular weight excluding hydrogens is 903 g/mol. The Morgan fingerprint density at radius 2 is 1.83 bits per heavy atom. The van der Waals surface area contributed by atoms with Crippen LogP contribution in [-0.4, -0.2) is 123 Å². The highest BCUT2D eigenvalue weighted by Crippen LogP contribution is 2.38. The molecule has 6 rings (SSSR count). The van der Waals surface area contributed by atoms with Crippen LogP contribution in [-0.2, 0) is 62.9 Å². The Balaban J connectivity index is 1.30. The van der Waals surface area contributed by atoms with Gasteiger partial charge in [-0.05, 0) is 124 Å². The molecular formula is C42H60N9O13S2+.